The molecule has 1 amide bonds. The third kappa shape index (κ3) is 5.97. The van der Waals surface area contributed by atoms with Gasteiger partial charge in [-0.25, -0.2) is 4.79 Å². The Morgan fingerprint density at radius 1 is 1.31 bits per heavy atom. The highest BCUT2D eigenvalue weighted by Gasteiger charge is 2.22. The average Bonchev–Trinajstić information content (AvgIpc) is 3.27. The first kappa shape index (κ1) is 25.5. The number of aliphatic hydroxyl groups is 1. The van der Waals surface area contributed by atoms with Crippen LogP contribution in [0, 0.1) is 0 Å². The van der Waals surface area contributed by atoms with Gasteiger partial charge >= 0.3 is 12.1 Å². The van der Waals surface area contributed by atoms with Crippen molar-refractivity contribution in [2.45, 2.75) is 57.5 Å². The third-order valence-electron chi connectivity index (χ3n) is 6.24. The fourth-order valence-electron chi connectivity index (χ4n) is 4.48. The SMILES string of the molecule is CCCC(CCO)Nc1nc(OC(N)=O)nc2cnn(Cc3nnc(C4CCNCC4)cc3OC)c12. The van der Waals surface area contributed by atoms with Gasteiger partial charge < -0.3 is 30.9 Å². The van der Waals surface area contributed by atoms with Gasteiger partial charge in [-0.1, -0.05) is 13.3 Å². The van der Waals surface area contributed by atoms with Gasteiger partial charge in [0.25, 0.3) is 0 Å². The number of nitrogens with zero attached hydrogens (tertiary/aromatic N) is 6. The summed E-state index contributed by atoms with van der Waals surface area (Å²) in [4.78, 5) is 20.0. The summed E-state index contributed by atoms with van der Waals surface area (Å²) in [6, 6.07) is 1.72. The highest BCUT2D eigenvalue weighted by atomic mass is 16.6. The van der Waals surface area contributed by atoms with Gasteiger partial charge in [0, 0.05) is 24.6 Å². The molecule has 1 aliphatic rings. The predicted octanol–water partition coefficient (Wildman–Crippen LogP) is 1.56. The Morgan fingerprint density at radius 2 is 2.11 bits per heavy atom. The summed E-state index contributed by atoms with van der Waals surface area (Å²) in [5.41, 5.74) is 7.77. The van der Waals surface area contributed by atoms with Crippen molar-refractivity contribution in [2.75, 3.05) is 32.1 Å². The van der Waals surface area contributed by atoms with Crippen molar-refractivity contribution in [2.24, 2.45) is 5.73 Å². The number of amides is 1. The van der Waals surface area contributed by atoms with Crippen molar-refractivity contribution in [3.05, 3.63) is 23.7 Å². The Hall–Kier alpha value is -3.58. The first-order valence-electron chi connectivity index (χ1n) is 12.2. The number of nitrogens with two attached hydrogens (primary N) is 1. The summed E-state index contributed by atoms with van der Waals surface area (Å²) in [6.45, 7) is 4.26. The van der Waals surface area contributed by atoms with E-state index in [1.165, 1.54) is 0 Å². The minimum atomic E-state index is -1.01. The van der Waals surface area contributed by atoms with Crippen molar-refractivity contribution in [3.63, 3.8) is 0 Å². The van der Waals surface area contributed by atoms with E-state index < -0.39 is 6.09 Å². The monoisotopic (exact) mass is 499 g/mol. The molecule has 3 aromatic heterocycles. The number of methoxy groups -OCH3 is 1. The predicted molar refractivity (Wildman–Crippen MR) is 132 cm³/mol. The van der Waals surface area contributed by atoms with Gasteiger partial charge in [-0.05, 0) is 38.8 Å². The Kier molecular flexibility index (Phi) is 8.44. The molecule has 0 bridgehead atoms. The minimum absolute atomic E-state index is 0.0198. The maximum Gasteiger partial charge on any atom is 0.412 e. The van der Waals surface area contributed by atoms with Crippen LogP contribution in [-0.4, -0.2) is 74.0 Å². The quantitative estimate of drug-likeness (QED) is 0.301. The Morgan fingerprint density at radius 3 is 2.81 bits per heavy atom. The number of carbonyl (C=O) groups is 1. The van der Waals surface area contributed by atoms with Crippen LogP contribution < -0.4 is 25.8 Å². The first-order chi connectivity index (χ1) is 17.5. The number of carbonyl (C=O) groups excluding carboxylic acids is 1. The number of hydrogen-bond donors (Lipinski definition) is 4. The van der Waals surface area contributed by atoms with Crippen molar-refractivity contribution in [1.29, 1.82) is 0 Å². The number of aliphatic hydroxyl groups excluding tert-OH is 1. The van der Waals surface area contributed by atoms with Gasteiger partial charge in [-0.2, -0.15) is 20.2 Å². The van der Waals surface area contributed by atoms with Crippen LogP contribution in [-0.2, 0) is 6.54 Å². The number of nitrogens with one attached hydrogen (secondary N) is 2. The first-order valence-corrected chi connectivity index (χ1v) is 12.2. The van der Waals surface area contributed by atoms with Crippen LogP contribution in [0.4, 0.5) is 10.6 Å². The third-order valence-corrected chi connectivity index (χ3v) is 6.24. The zero-order valence-corrected chi connectivity index (χ0v) is 20.6. The van der Waals surface area contributed by atoms with Gasteiger partial charge in [-0.15, -0.1) is 5.10 Å². The lowest BCUT2D eigenvalue weighted by molar-refractivity contribution is 0.207. The molecule has 0 saturated carbocycles. The average molecular weight is 500 g/mol. The van der Waals surface area contributed by atoms with Crippen LogP contribution >= 0.6 is 0 Å². The largest absolute Gasteiger partial charge is 0.495 e. The molecule has 0 spiro atoms. The molecular weight excluding hydrogens is 466 g/mol. The van der Waals surface area contributed by atoms with E-state index in [4.69, 9.17) is 15.2 Å². The smallest absolute Gasteiger partial charge is 0.412 e. The van der Waals surface area contributed by atoms with Crippen LogP contribution in [0.3, 0.4) is 0 Å². The van der Waals surface area contributed by atoms with Gasteiger partial charge in [0.05, 0.1) is 25.5 Å². The molecule has 13 nitrogen and oxygen atoms in total. The molecule has 1 unspecified atom stereocenters. The lowest BCUT2D eigenvalue weighted by Crippen LogP contribution is -2.27. The number of piperidine rings is 1. The number of primary amides is 1. The van der Waals surface area contributed by atoms with Crippen molar-refractivity contribution < 1.29 is 19.4 Å². The fraction of sp³-hybridized carbons (Fsp3) is 0.565. The second-order valence-corrected chi connectivity index (χ2v) is 8.76. The summed E-state index contributed by atoms with van der Waals surface area (Å²) in [6.07, 6.45) is 4.81. The van der Waals surface area contributed by atoms with Crippen molar-refractivity contribution >= 4 is 22.9 Å². The maximum absolute atomic E-state index is 11.3. The molecule has 36 heavy (non-hydrogen) atoms. The zero-order valence-electron chi connectivity index (χ0n) is 20.6. The Balaban J connectivity index is 1.69. The van der Waals surface area contributed by atoms with Crippen LogP contribution in [0.15, 0.2) is 12.3 Å². The summed E-state index contributed by atoms with van der Waals surface area (Å²) in [7, 11) is 1.61. The van der Waals surface area contributed by atoms with E-state index in [2.05, 4.69) is 42.8 Å². The van der Waals surface area contributed by atoms with Gasteiger partial charge in [-0.3, -0.25) is 4.68 Å². The van der Waals surface area contributed by atoms with Gasteiger partial charge in [0.2, 0.25) is 0 Å². The lowest BCUT2D eigenvalue weighted by Gasteiger charge is -2.22. The molecule has 0 radical (unpaired) electrons. The van der Waals surface area contributed by atoms with E-state index >= 15 is 0 Å². The zero-order chi connectivity index (χ0) is 25.5. The number of rotatable bonds is 11. The molecule has 4 heterocycles. The molecule has 13 heteroatoms. The molecule has 4 rings (SSSR count). The molecule has 3 aromatic rings. The minimum Gasteiger partial charge on any atom is -0.495 e. The highest BCUT2D eigenvalue weighted by molar-refractivity contribution is 5.86. The van der Waals surface area contributed by atoms with Crippen molar-refractivity contribution in [1.82, 2.24) is 35.3 Å². The molecule has 5 N–H and O–H groups in total. The van der Waals surface area contributed by atoms with E-state index in [1.807, 2.05) is 6.07 Å². The van der Waals surface area contributed by atoms with Crippen LogP contribution in [0.5, 0.6) is 11.8 Å². The van der Waals surface area contributed by atoms with E-state index in [9.17, 15) is 9.90 Å². The topological polar surface area (TPSA) is 175 Å². The normalized spacial score (nSPS) is 15.1. The second kappa shape index (κ2) is 11.9. The van der Waals surface area contributed by atoms with E-state index in [0.29, 0.717) is 40.6 Å². The summed E-state index contributed by atoms with van der Waals surface area (Å²) in [5.74, 6) is 1.40. The van der Waals surface area contributed by atoms with Gasteiger partial charge in [0.15, 0.2) is 5.82 Å². The van der Waals surface area contributed by atoms with E-state index in [1.54, 1.807) is 18.0 Å². The van der Waals surface area contributed by atoms with E-state index in [0.717, 1.165) is 44.5 Å². The molecule has 0 aliphatic carbocycles. The van der Waals surface area contributed by atoms with Crippen molar-refractivity contribution in [3.8, 4) is 11.8 Å². The fourth-order valence-corrected chi connectivity index (χ4v) is 4.48. The molecule has 1 aliphatic heterocycles. The maximum atomic E-state index is 11.3. The second-order valence-electron chi connectivity index (χ2n) is 8.76. The standard InChI is InChI=1S/C23H33N9O4/c1-3-4-15(7-10-33)27-21-20-17(28-23(29-21)36-22(24)34)12-26-32(20)13-18-19(35-2)11-16(30-31-18)14-5-8-25-9-6-14/h11-12,14-15,25,33H,3-10,13H2,1-2H3,(H2,24,34)(H,27,28,29). The van der Waals surface area contributed by atoms with Crippen LogP contribution in [0.2, 0.25) is 0 Å². The Bertz CT molecular complexity index is 1170. The van der Waals surface area contributed by atoms with Crippen LogP contribution in [0.25, 0.3) is 11.0 Å². The number of ether oxygens (including phenoxy) is 2. The summed E-state index contributed by atoms with van der Waals surface area (Å²) >= 11 is 0. The van der Waals surface area contributed by atoms with Gasteiger partial charge in [0.1, 0.15) is 22.5 Å². The number of hydrogen-bond acceptors (Lipinski definition) is 11. The Labute approximate surface area is 208 Å². The number of anilines is 1. The lowest BCUT2D eigenvalue weighted by atomic mass is 9.94. The molecule has 1 atom stereocenters. The molecule has 0 aromatic carbocycles. The van der Waals surface area contributed by atoms with E-state index in [-0.39, 0.29) is 25.2 Å². The molecule has 1 saturated heterocycles. The molecular formula is C23H33N9O4. The summed E-state index contributed by atoms with van der Waals surface area (Å²) < 4.78 is 12.3. The highest BCUT2D eigenvalue weighted by Crippen LogP contribution is 2.29. The summed E-state index contributed by atoms with van der Waals surface area (Å²) in [5, 5.41) is 29.7. The van der Waals surface area contributed by atoms with Crippen LogP contribution in [0.1, 0.15) is 56.3 Å². The number of fused-ring (bicyclic) bond motifs is 1. The molecule has 1 fully saturated rings. The molecule has 194 valence electrons. The number of aromatic nitrogens is 6.